The van der Waals surface area contributed by atoms with Gasteiger partial charge in [-0.15, -0.1) is 0 Å². The summed E-state index contributed by atoms with van der Waals surface area (Å²) in [7, 11) is 3.23. The molecule has 1 aromatic heterocycles. The van der Waals surface area contributed by atoms with Gasteiger partial charge in [-0.2, -0.15) is 0 Å². The minimum Gasteiger partial charge on any atom is -0.497 e. The first-order chi connectivity index (χ1) is 10.7. The number of furan rings is 1. The van der Waals surface area contributed by atoms with Crippen LogP contribution < -0.4 is 20.5 Å². The number of nitrogens with two attached hydrogens (primary N) is 1. The van der Waals surface area contributed by atoms with Gasteiger partial charge in [-0.3, -0.25) is 4.79 Å². The Kier molecular flexibility index (Phi) is 5.43. The summed E-state index contributed by atoms with van der Waals surface area (Å²) in [5.41, 5.74) is 6.89. The van der Waals surface area contributed by atoms with Crippen molar-refractivity contribution in [2.45, 2.75) is 13.0 Å². The molecule has 0 aliphatic carbocycles. The molecule has 0 unspecified atom stereocenters. The smallest absolute Gasteiger partial charge is 0.254 e. The van der Waals surface area contributed by atoms with E-state index in [0.29, 0.717) is 24.3 Å². The van der Waals surface area contributed by atoms with E-state index in [2.05, 4.69) is 5.32 Å². The fourth-order valence-electron chi connectivity index (χ4n) is 2.10. The maximum Gasteiger partial charge on any atom is 0.254 e. The van der Waals surface area contributed by atoms with Crippen molar-refractivity contribution in [1.82, 2.24) is 5.32 Å². The standard InChI is InChI=1S/C16H20N2O4/c1-20-13-3-4-15(21-2)11(7-13)5-6-18-16(19)12-8-14(9-17)22-10-12/h3-4,7-8,10H,5-6,9,17H2,1-2H3,(H,18,19). The molecule has 1 heterocycles. The molecule has 2 aromatic rings. The Bertz CT molecular complexity index is 637. The predicted molar refractivity (Wildman–Crippen MR) is 82.2 cm³/mol. The molecule has 3 N–H and O–H groups in total. The zero-order chi connectivity index (χ0) is 15.9. The molecule has 0 radical (unpaired) electrons. The van der Waals surface area contributed by atoms with Crippen LogP contribution >= 0.6 is 0 Å². The van der Waals surface area contributed by atoms with Crippen molar-refractivity contribution >= 4 is 5.91 Å². The van der Waals surface area contributed by atoms with Crippen LogP contribution in [0.4, 0.5) is 0 Å². The maximum absolute atomic E-state index is 12.0. The summed E-state index contributed by atoms with van der Waals surface area (Å²) in [6.07, 6.45) is 2.04. The van der Waals surface area contributed by atoms with E-state index < -0.39 is 0 Å². The summed E-state index contributed by atoms with van der Waals surface area (Å²) in [5, 5.41) is 2.84. The van der Waals surface area contributed by atoms with Gasteiger partial charge in [0, 0.05) is 6.54 Å². The molecule has 0 spiro atoms. The summed E-state index contributed by atoms with van der Waals surface area (Å²) in [5.74, 6) is 1.92. The SMILES string of the molecule is COc1ccc(OC)c(CCNC(=O)c2coc(CN)c2)c1. The van der Waals surface area contributed by atoms with Crippen LogP contribution in [0.3, 0.4) is 0 Å². The van der Waals surface area contributed by atoms with E-state index in [1.165, 1.54) is 6.26 Å². The maximum atomic E-state index is 12.0. The van der Waals surface area contributed by atoms with Crippen molar-refractivity contribution in [3.8, 4) is 11.5 Å². The van der Waals surface area contributed by atoms with E-state index in [-0.39, 0.29) is 12.5 Å². The summed E-state index contributed by atoms with van der Waals surface area (Å²) >= 11 is 0. The summed E-state index contributed by atoms with van der Waals surface area (Å²) < 4.78 is 15.7. The van der Waals surface area contributed by atoms with Crippen molar-refractivity contribution in [2.75, 3.05) is 20.8 Å². The van der Waals surface area contributed by atoms with E-state index >= 15 is 0 Å². The molecule has 0 saturated heterocycles. The highest BCUT2D eigenvalue weighted by Crippen LogP contribution is 2.24. The van der Waals surface area contributed by atoms with Gasteiger partial charge in [0.05, 0.1) is 26.3 Å². The Hall–Kier alpha value is -2.47. The molecule has 6 nitrogen and oxygen atoms in total. The molecule has 118 valence electrons. The zero-order valence-electron chi connectivity index (χ0n) is 12.7. The molecular formula is C16H20N2O4. The van der Waals surface area contributed by atoms with Gasteiger partial charge < -0.3 is 24.9 Å². The van der Waals surface area contributed by atoms with Crippen LogP contribution in [0.15, 0.2) is 34.9 Å². The number of hydrogen-bond donors (Lipinski definition) is 2. The molecule has 2 rings (SSSR count). The molecule has 0 aliphatic heterocycles. The van der Waals surface area contributed by atoms with Crippen LogP contribution in [-0.4, -0.2) is 26.7 Å². The van der Waals surface area contributed by atoms with Crippen LogP contribution in [-0.2, 0) is 13.0 Å². The average molecular weight is 304 g/mol. The van der Waals surface area contributed by atoms with E-state index in [0.717, 1.165) is 17.1 Å². The van der Waals surface area contributed by atoms with Gasteiger partial charge in [-0.25, -0.2) is 0 Å². The lowest BCUT2D eigenvalue weighted by molar-refractivity contribution is 0.0953. The van der Waals surface area contributed by atoms with Gasteiger partial charge in [0.15, 0.2) is 0 Å². The fraction of sp³-hybridized carbons (Fsp3) is 0.312. The Balaban J connectivity index is 1.94. The molecule has 0 saturated carbocycles. The molecule has 6 heteroatoms. The summed E-state index contributed by atoms with van der Waals surface area (Å²) in [4.78, 5) is 12.0. The lowest BCUT2D eigenvalue weighted by atomic mass is 10.1. The first-order valence-electron chi connectivity index (χ1n) is 6.94. The highest BCUT2D eigenvalue weighted by molar-refractivity contribution is 5.93. The van der Waals surface area contributed by atoms with Crippen molar-refractivity contribution < 1.29 is 18.7 Å². The Morgan fingerprint density at radius 2 is 2.09 bits per heavy atom. The third kappa shape index (κ3) is 3.79. The van der Waals surface area contributed by atoms with Gasteiger partial charge in [0.2, 0.25) is 0 Å². The molecule has 0 aliphatic rings. The number of ether oxygens (including phenoxy) is 2. The van der Waals surface area contributed by atoms with Gasteiger partial charge in [-0.1, -0.05) is 0 Å². The lowest BCUT2D eigenvalue weighted by Crippen LogP contribution is -2.25. The molecule has 0 bridgehead atoms. The molecule has 0 fully saturated rings. The Morgan fingerprint density at radius 3 is 2.73 bits per heavy atom. The number of nitrogens with one attached hydrogen (secondary N) is 1. The fourth-order valence-corrected chi connectivity index (χ4v) is 2.10. The van der Waals surface area contributed by atoms with Gasteiger partial charge in [0.25, 0.3) is 5.91 Å². The number of hydrogen-bond acceptors (Lipinski definition) is 5. The number of benzene rings is 1. The lowest BCUT2D eigenvalue weighted by Gasteiger charge is -2.10. The van der Waals surface area contributed by atoms with Crippen LogP contribution in [0.5, 0.6) is 11.5 Å². The quantitative estimate of drug-likeness (QED) is 0.813. The molecule has 0 atom stereocenters. The molecule has 22 heavy (non-hydrogen) atoms. The highest BCUT2D eigenvalue weighted by Gasteiger charge is 2.10. The summed E-state index contributed by atoms with van der Waals surface area (Å²) in [6, 6.07) is 7.22. The molecule has 1 aromatic carbocycles. The molecule has 1 amide bonds. The summed E-state index contributed by atoms with van der Waals surface area (Å²) in [6.45, 7) is 0.750. The van der Waals surface area contributed by atoms with E-state index in [9.17, 15) is 4.79 Å². The van der Waals surface area contributed by atoms with Crippen LogP contribution in [0.2, 0.25) is 0 Å². The average Bonchev–Trinajstić information content (AvgIpc) is 3.03. The number of rotatable bonds is 7. The third-order valence-electron chi connectivity index (χ3n) is 3.28. The normalized spacial score (nSPS) is 10.3. The van der Waals surface area contributed by atoms with Crippen LogP contribution in [0.25, 0.3) is 0 Å². The second kappa shape index (κ2) is 7.51. The van der Waals surface area contributed by atoms with E-state index in [4.69, 9.17) is 19.6 Å². The topological polar surface area (TPSA) is 86.7 Å². The second-order valence-corrected chi connectivity index (χ2v) is 4.69. The van der Waals surface area contributed by atoms with Crippen molar-refractivity contribution in [1.29, 1.82) is 0 Å². The number of methoxy groups -OCH3 is 2. The van der Waals surface area contributed by atoms with Gasteiger partial charge in [-0.05, 0) is 36.2 Å². The highest BCUT2D eigenvalue weighted by atomic mass is 16.5. The van der Waals surface area contributed by atoms with Gasteiger partial charge >= 0.3 is 0 Å². The second-order valence-electron chi connectivity index (χ2n) is 4.69. The van der Waals surface area contributed by atoms with E-state index in [1.807, 2.05) is 18.2 Å². The number of carbonyl (C=O) groups excluding carboxylic acids is 1. The van der Waals surface area contributed by atoms with E-state index in [1.54, 1.807) is 20.3 Å². The minimum absolute atomic E-state index is 0.190. The van der Waals surface area contributed by atoms with Crippen molar-refractivity contribution in [3.05, 3.63) is 47.4 Å². The third-order valence-corrected chi connectivity index (χ3v) is 3.28. The first-order valence-corrected chi connectivity index (χ1v) is 6.94. The number of carbonyl (C=O) groups is 1. The predicted octanol–water partition coefficient (Wildman–Crippen LogP) is 1.73. The monoisotopic (exact) mass is 304 g/mol. The largest absolute Gasteiger partial charge is 0.497 e. The van der Waals surface area contributed by atoms with Gasteiger partial charge in [0.1, 0.15) is 23.5 Å². The van der Waals surface area contributed by atoms with Crippen molar-refractivity contribution in [3.63, 3.8) is 0 Å². The van der Waals surface area contributed by atoms with Crippen LogP contribution in [0, 0.1) is 0 Å². The zero-order valence-corrected chi connectivity index (χ0v) is 12.7. The first kappa shape index (κ1) is 15.9. The minimum atomic E-state index is -0.190. The van der Waals surface area contributed by atoms with Crippen molar-refractivity contribution in [2.24, 2.45) is 5.73 Å². The molecular weight excluding hydrogens is 284 g/mol. The Labute approximate surface area is 129 Å². The number of amides is 1. The van der Waals surface area contributed by atoms with Crippen LogP contribution in [0.1, 0.15) is 21.7 Å². The Morgan fingerprint density at radius 1 is 1.27 bits per heavy atom.